The SMILES string of the molecule is CC(=O)NC1C(OCc2ccccc2)OC2COC(c3ccccc3)OC2C1OC(=O)C=Cc1ccccc1. The van der Waals surface area contributed by atoms with E-state index in [4.69, 9.17) is 23.7 Å². The van der Waals surface area contributed by atoms with Crippen molar-refractivity contribution < 1.29 is 33.3 Å². The van der Waals surface area contributed by atoms with Gasteiger partial charge in [-0.05, 0) is 17.2 Å². The van der Waals surface area contributed by atoms with Crippen LogP contribution in [-0.4, -0.2) is 49.1 Å². The first-order valence-corrected chi connectivity index (χ1v) is 12.9. The van der Waals surface area contributed by atoms with Gasteiger partial charge < -0.3 is 29.0 Å². The van der Waals surface area contributed by atoms with E-state index in [9.17, 15) is 9.59 Å². The third-order valence-corrected chi connectivity index (χ3v) is 6.50. The molecule has 2 fully saturated rings. The average molecular weight is 530 g/mol. The number of amides is 1. The minimum Gasteiger partial charge on any atom is -0.454 e. The maximum atomic E-state index is 13.0. The molecule has 3 aromatic carbocycles. The maximum Gasteiger partial charge on any atom is 0.331 e. The lowest BCUT2D eigenvalue weighted by molar-refractivity contribution is -0.346. The Morgan fingerprint density at radius 2 is 1.59 bits per heavy atom. The smallest absolute Gasteiger partial charge is 0.331 e. The van der Waals surface area contributed by atoms with Crippen molar-refractivity contribution in [3.63, 3.8) is 0 Å². The Labute approximate surface area is 227 Å². The summed E-state index contributed by atoms with van der Waals surface area (Å²) in [5.74, 6) is -0.893. The van der Waals surface area contributed by atoms with E-state index in [1.807, 2.05) is 91.0 Å². The van der Waals surface area contributed by atoms with Gasteiger partial charge in [-0.3, -0.25) is 4.79 Å². The van der Waals surface area contributed by atoms with Gasteiger partial charge in [-0.15, -0.1) is 0 Å². The molecule has 2 aliphatic heterocycles. The summed E-state index contributed by atoms with van der Waals surface area (Å²) in [6, 6.07) is 27.7. The van der Waals surface area contributed by atoms with E-state index in [2.05, 4.69) is 5.32 Å². The Morgan fingerprint density at radius 3 is 2.28 bits per heavy atom. The summed E-state index contributed by atoms with van der Waals surface area (Å²) in [4.78, 5) is 25.3. The molecule has 8 nitrogen and oxygen atoms in total. The number of hydrogen-bond acceptors (Lipinski definition) is 7. The molecule has 8 heteroatoms. The molecule has 0 spiro atoms. The fourth-order valence-electron chi connectivity index (χ4n) is 4.68. The second-order valence-electron chi connectivity index (χ2n) is 9.39. The molecule has 6 unspecified atom stereocenters. The van der Waals surface area contributed by atoms with Crippen molar-refractivity contribution in [2.75, 3.05) is 6.61 Å². The lowest BCUT2D eigenvalue weighted by Gasteiger charge is -2.48. The first-order valence-electron chi connectivity index (χ1n) is 12.9. The molecule has 0 aromatic heterocycles. The van der Waals surface area contributed by atoms with Crippen molar-refractivity contribution in [1.82, 2.24) is 5.32 Å². The average Bonchev–Trinajstić information content (AvgIpc) is 2.97. The van der Waals surface area contributed by atoms with Crippen LogP contribution in [-0.2, 0) is 39.9 Å². The lowest BCUT2D eigenvalue weighted by Crippen LogP contribution is -2.67. The number of hydrogen-bond donors (Lipinski definition) is 1. The highest BCUT2D eigenvalue weighted by Gasteiger charge is 2.52. The van der Waals surface area contributed by atoms with Crippen molar-refractivity contribution in [1.29, 1.82) is 0 Å². The van der Waals surface area contributed by atoms with Crippen LogP contribution < -0.4 is 5.32 Å². The molecule has 5 rings (SSSR count). The number of rotatable bonds is 8. The molecule has 2 aliphatic rings. The highest BCUT2D eigenvalue weighted by Crippen LogP contribution is 2.36. The number of carbonyl (C=O) groups is 2. The van der Waals surface area contributed by atoms with Crippen LogP contribution in [0.3, 0.4) is 0 Å². The van der Waals surface area contributed by atoms with Crippen LogP contribution in [0.4, 0.5) is 0 Å². The largest absolute Gasteiger partial charge is 0.454 e. The first-order chi connectivity index (χ1) is 19.1. The van der Waals surface area contributed by atoms with Crippen LogP contribution >= 0.6 is 0 Å². The molecular weight excluding hydrogens is 498 g/mol. The number of esters is 1. The topological polar surface area (TPSA) is 92.3 Å². The molecule has 1 amide bonds. The summed E-state index contributed by atoms with van der Waals surface area (Å²) in [5, 5.41) is 2.87. The van der Waals surface area contributed by atoms with Crippen molar-refractivity contribution in [3.05, 3.63) is 114 Å². The van der Waals surface area contributed by atoms with E-state index in [1.54, 1.807) is 6.08 Å². The Balaban J connectivity index is 1.40. The summed E-state index contributed by atoms with van der Waals surface area (Å²) in [7, 11) is 0. The molecule has 2 heterocycles. The van der Waals surface area contributed by atoms with E-state index in [1.165, 1.54) is 13.0 Å². The van der Waals surface area contributed by atoms with Crippen LogP contribution in [0.5, 0.6) is 0 Å². The molecule has 39 heavy (non-hydrogen) atoms. The second kappa shape index (κ2) is 12.8. The third kappa shape index (κ3) is 6.99. The Bertz CT molecular complexity index is 1250. The standard InChI is InChI=1S/C31H31NO7/c1-21(33)32-27-29(38-26(34)18-17-22-11-5-2-6-12-22)28-25(20-36-30(39-28)24-15-9-4-10-16-24)37-31(27)35-19-23-13-7-3-8-14-23/h2-18,25,27-31H,19-20H2,1H3,(H,32,33). The van der Waals surface area contributed by atoms with Crippen molar-refractivity contribution >= 4 is 18.0 Å². The van der Waals surface area contributed by atoms with Crippen LogP contribution in [0.1, 0.15) is 29.9 Å². The van der Waals surface area contributed by atoms with Crippen molar-refractivity contribution in [3.8, 4) is 0 Å². The highest BCUT2D eigenvalue weighted by molar-refractivity contribution is 5.87. The quantitative estimate of drug-likeness (QED) is 0.346. The number of nitrogens with one attached hydrogen (secondary N) is 1. The molecule has 0 aliphatic carbocycles. The zero-order chi connectivity index (χ0) is 27.0. The van der Waals surface area contributed by atoms with E-state index in [-0.39, 0.29) is 19.1 Å². The first kappa shape index (κ1) is 26.8. The fraction of sp³-hybridized carbons (Fsp3) is 0.290. The van der Waals surface area contributed by atoms with Gasteiger partial charge in [0, 0.05) is 18.6 Å². The van der Waals surface area contributed by atoms with E-state index < -0.39 is 42.9 Å². The zero-order valence-electron chi connectivity index (χ0n) is 21.6. The van der Waals surface area contributed by atoms with Gasteiger partial charge in [0.05, 0.1) is 13.2 Å². The monoisotopic (exact) mass is 529 g/mol. The Hall–Kier alpha value is -3.82. The zero-order valence-corrected chi connectivity index (χ0v) is 21.6. The maximum absolute atomic E-state index is 13.0. The number of benzene rings is 3. The predicted octanol–water partition coefficient (Wildman–Crippen LogP) is 4.17. The Morgan fingerprint density at radius 1 is 0.923 bits per heavy atom. The van der Waals surface area contributed by atoms with Crippen LogP contribution in [0.15, 0.2) is 97.1 Å². The summed E-state index contributed by atoms with van der Waals surface area (Å²) in [6.45, 7) is 1.82. The van der Waals surface area contributed by atoms with Gasteiger partial charge >= 0.3 is 5.97 Å². The molecule has 0 saturated carbocycles. The molecule has 0 bridgehead atoms. The van der Waals surface area contributed by atoms with Crippen LogP contribution in [0.25, 0.3) is 6.08 Å². The summed E-state index contributed by atoms with van der Waals surface area (Å²) < 4.78 is 30.7. The molecule has 1 N–H and O–H groups in total. The van der Waals surface area contributed by atoms with Crippen molar-refractivity contribution in [2.45, 2.75) is 50.5 Å². The Kier molecular flexibility index (Phi) is 8.80. The summed E-state index contributed by atoms with van der Waals surface area (Å²) in [5.41, 5.74) is 2.61. The fourth-order valence-corrected chi connectivity index (χ4v) is 4.68. The molecule has 6 atom stereocenters. The number of fused-ring (bicyclic) bond motifs is 1. The minimum atomic E-state index is -0.910. The minimum absolute atomic E-state index is 0.191. The van der Waals surface area contributed by atoms with Crippen molar-refractivity contribution in [2.24, 2.45) is 0 Å². The van der Waals surface area contributed by atoms with E-state index in [0.29, 0.717) is 0 Å². The molecule has 2 saturated heterocycles. The van der Waals surface area contributed by atoms with E-state index >= 15 is 0 Å². The van der Waals surface area contributed by atoms with Crippen LogP contribution in [0.2, 0.25) is 0 Å². The molecule has 0 radical (unpaired) electrons. The van der Waals surface area contributed by atoms with Gasteiger partial charge in [0.2, 0.25) is 5.91 Å². The summed E-state index contributed by atoms with van der Waals surface area (Å²) >= 11 is 0. The third-order valence-electron chi connectivity index (χ3n) is 6.50. The van der Waals surface area contributed by atoms with Crippen LogP contribution in [0, 0.1) is 0 Å². The lowest BCUT2D eigenvalue weighted by atomic mass is 9.95. The second-order valence-corrected chi connectivity index (χ2v) is 9.39. The highest BCUT2D eigenvalue weighted by atomic mass is 16.8. The number of ether oxygens (including phenoxy) is 5. The number of carbonyl (C=O) groups excluding carboxylic acids is 2. The summed E-state index contributed by atoms with van der Waals surface area (Å²) in [6.07, 6.45) is -0.773. The van der Waals surface area contributed by atoms with Gasteiger partial charge in [-0.25, -0.2) is 4.79 Å². The molecule has 202 valence electrons. The van der Waals surface area contributed by atoms with Gasteiger partial charge in [0.1, 0.15) is 18.2 Å². The van der Waals surface area contributed by atoms with Gasteiger partial charge in [-0.2, -0.15) is 0 Å². The van der Waals surface area contributed by atoms with Gasteiger partial charge in [0.25, 0.3) is 0 Å². The van der Waals surface area contributed by atoms with Gasteiger partial charge in [-0.1, -0.05) is 91.0 Å². The molecule has 3 aromatic rings. The predicted molar refractivity (Wildman–Crippen MR) is 143 cm³/mol. The molecular formula is C31H31NO7. The van der Waals surface area contributed by atoms with E-state index in [0.717, 1.165) is 16.7 Å². The normalized spacial score (nSPS) is 26.5. The van der Waals surface area contributed by atoms with Gasteiger partial charge in [0.15, 0.2) is 18.7 Å².